The molecule has 21 heavy (non-hydrogen) atoms. The Balaban J connectivity index is 2.86. The Morgan fingerprint density at radius 2 is 1.81 bits per heavy atom. The Bertz CT molecular complexity index is 524. The molecule has 1 aromatic carbocycles. The van der Waals surface area contributed by atoms with Crippen LogP contribution in [0, 0.1) is 5.41 Å². The molecular weight excluding hydrogens is 274 g/mol. The molecular formula is C15H19NO5. The van der Waals surface area contributed by atoms with Gasteiger partial charge in [-0.15, -0.1) is 0 Å². The Morgan fingerprint density at radius 1 is 1.24 bits per heavy atom. The summed E-state index contributed by atoms with van der Waals surface area (Å²) in [6, 6.07) is 7.67. The van der Waals surface area contributed by atoms with Gasteiger partial charge in [-0.05, 0) is 19.4 Å². The Hall–Kier alpha value is -2.37. The molecule has 6 heteroatoms. The highest BCUT2D eigenvalue weighted by atomic mass is 16.5. The van der Waals surface area contributed by atoms with Crippen molar-refractivity contribution in [1.29, 1.82) is 0 Å². The summed E-state index contributed by atoms with van der Waals surface area (Å²) < 4.78 is 4.68. The summed E-state index contributed by atoms with van der Waals surface area (Å²) in [5.41, 5.74) is -0.632. The average molecular weight is 293 g/mol. The van der Waals surface area contributed by atoms with Gasteiger partial charge in [0.05, 0.1) is 12.5 Å². The normalized spacial score (nSPS) is 12.3. The van der Waals surface area contributed by atoms with Crippen LogP contribution in [0.5, 0.6) is 0 Å². The molecule has 0 aliphatic heterocycles. The maximum absolute atomic E-state index is 12.0. The number of carboxylic acid groups (broad SMARTS) is 1. The first-order valence-electron chi connectivity index (χ1n) is 6.43. The molecule has 0 fully saturated rings. The first-order valence-corrected chi connectivity index (χ1v) is 6.43. The maximum Gasteiger partial charge on any atom is 0.333 e. The number of hydrogen-bond acceptors (Lipinski definition) is 4. The van der Waals surface area contributed by atoms with E-state index >= 15 is 0 Å². The van der Waals surface area contributed by atoms with Crippen LogP contribution in [-0.2, 0) is 19.1 Å². The van der Waals surface area contributed by atoms with Crippen LogP contribution in [0.15, 0.2) is 30.3 Å². The quantitative estimate of drug-likeness (QED) is 0.776. The molecule has 114 valence electrons. The van der Waals surface area contributed by atoms with Gasteiger partial charge in [-0.1, -0.05) is 30.3 Å². The van der Waals surface area contributed by atoms with Crippen molar-refractivity contribution < 1.29 is 24.2 Å². The minimum atomic E-state index is -1.21. The molecule has 1 unspecified atom stereocenters. The van der Waals surface area contributed by atoms with Crippen LogP contribution in [-0.4, -0.2) is 30.1 Å². The number of esters is 1. The van der Waals surface area contributed by atoms with E-state index in [-0.39, 0.29) is 6.42 Å². The van der Waals surface area contributed by atoms with Gasteiger partial charge in [0.1, 0.15) is 0 Å². The highest BCUT2D eigenvalue weighted by Crippen LogP contribution is 2.22. The summed E-state index contributed by atoms with van der Waals surface area (Å²) >= 11 is 0. The van der Waals surface area contributed by atoms with Gasteiger partial charge >= 0.3 is 11.9 Å². The van der Waals surface area contributed by atoms with Crippen molar-refractivity contribution in [3.63, 3.8) is 0 Å². The van der Waals surface area contributed by atoms with E-state index in [0.717, 1.165) is 0 Å². The number of ether oxygens (including phenoxy) is 1. The van der Waals surface area contributed by atoms with Crippen LogP contribution in [0.3, 0.4) is 0 Å². The molecule has 0 aliphatic carbocycles. The van der Waals surface area contributed by atoms with Crippen molar-refractivity contribution in [3.8, 4) is 0 Å². The largest absolute Gasteiger partial charge is 0.481 e. The van der Waals surface area contributed by atoms with Crippen LogP contribution in [0.4, 0.5) is 0 Å². The number of carboxylic acids is 1. The summed E-state index contributed by atoms with van der Waals surface area (Å²) in [6.45, 7) is 2.90. The van der Waals surface area contributed by atoms with Gasteiger partial charge in [0.15, 0.2) is 6.04 Å². The minimum Gasteiger partial charge on any atom is -0.481 e. The fraction of sp³-hybridized carbons (Fsp3) is 0.400. The SMILES string of the molecule is COC(=O)C(NC(=O)CC(C)(C)C(=O)O)c1ccccc1. The van der Waals surface area contributed by atoms with Crippen LogP contribution < -0.4 is 5.32 Å². The van der Waals surface area contributed by atoms with E-state index in [1.54, 1.807) is 30.3 Å². The fourth-order valence-corrected chi connectivity index (χ4v) is 1.73. The molecule has 0 aromatic heterocycles. The van der Waals surface area contributed by atoms with Gasteiger partial charge in [0.2, 0.25) is 5.91 Å². The third-order valence-electron chi connectivity index (χ3n) is 3.06. The number of carbonyl (C=O) groups excluding carboxylic acids is 2. The molecule has 2 N–H and O–H groups in total. The van der Waals surface area contributed by atoms with Crippen molar-refractivity contribution in [1.82, 2.24) is 5.32 Å². The first-order chi connectivity index (χ1) is 9.77. The third kappa shape index (κ3) is 4.59. The fourth-order valence-electron chi connectivity index (χ4n) is 1.73. The maximum atomic E-state index is 12.0. The lowest BCUT2D eigenvalue weighted by Crippen LogP contribution is -2.38. The zero-order chi connectivity index (χ0) is 16.0. The molecule has 1 aromatic rings. The highest BCUT2D eigenvalue weighted by molar-refractivity contribution is 5.88. The van der Waals surface area contributed by atoms with Crippen LogP contribution in [0.25, 0.3) is 0 Å². The van der Waals surface area contributed by atoms with Gasteiger partial charge < -0.3 is 15.2 Å². The summed E-state index contributed by atoms with van der Waals surface area (Å²) in [5, 5.41) is 11.5. The predicted molar refractivity (Wildman–Crippen MR) is 75.4 cm³/mol. The third-order valence-corrected chi connectivity index (χ3v) is 3.06. The van der Waals surface area contributed by atoms with E-state index in [1.165, 1.54) is 21.0 Å². The Kier molecular flexibility index (Phi) is 5.46. The number of aliphatic carboxylic acids is 1. The standard InChI is InChI=1S/C15H19NO5/c1-15(2,14(19)20)9-11(17)16-12(13(18)21-3)10-7-5-4-6-8-10/h4-8,12H,9H2,1-3H3,(H,16,17)(H,19,20). The summed E-state index contributed by atoms with van der Waals surface area (Å²) in [5.74, 6) is -2.21. The van der Waals surface area contributed by atoms with Crippen molar-refractivity contribution >= 4 is 17.8 Å². The molecule has 1 atom stereocenters. The zero-order valence-electron chi connectivity index (χ0n) is 12.3. The number of hydrogen-bond donors (Lipinski definition) is 2. The number of benzene rings is 1. The summed E-state index contributed by atoms with van der Waals surface area (Å²) in [6.07, 6.45) is -0.233. The Morgan fingerprint density at radius 3 is 2.29 bits per heavy atom. The second kappa shape index (κ2) is 6.88. The molecule has 1 rings (SSSR count). The van der Waals surface area contributed by atoms with Crippen LogP contribution >= 0.6 is 0 Å². The Labute approximate surface area is 123 Å². The topological polar surface area (TPSA) is 92.7 Å². The van der Waals surface area contributed by atoms with E-state index in [2.05, 4.69) is 10.1 Å². The van der Waals surface area contributed by atoms with Gasteiger partial charge in [0.25, 0.3) is 0 Å². The first kappa shape index (κ1) is 16.7. The van der Waals surface area contributed by atoms with Gasteiger partial charge in [-0.25, -0.2) is 4.79 Å². The number of amides is 1. The predicted octanol–water partition coefficient (Wildman–Crippen LogP) is 1.52. The summed E-state index contributed by atoms with van der Waals surface area (Å²) in [4.78, 5) is 34.8. The molecule has 0 radical (unpaired) electrons. The van der Waals surface area contributed by atoms with E-state index in [4.69, 9.17) is 5.11 Å². The number of rotatable bonds is 6. The van der Waals surface area contributed by atoms with Crippen LogP contribution in [0.2, 0.25) is 0 Å². The van der Waals surface area contributed by atoms with Gasteiger partial charge in [-0.3, -0.25) is 9.59 Å². The molecule has 6 nitrogen and oxygen atoms in total. The van der Waals surface area contributed by atoms with E-state index in [9.17, 15) is 14.4 Å². The van der Waals surface area contributed by atoms with Crippen molar-refractivity contribution in [3.05, 3.63) is 35.9 Å². The van der Waals surface area contributed by atoms with Gasteiger partial charge in [-0.2, -0.15) is 0 Å². The summed E-state index contributed by atoms with van der Waals surface area (Å²) in [7, 11) is 1.23. The lowest BCUT2D eigenvalue weighted by Gasteiger charge is -2.21. The van der Waals surface area contributed by atoms with E-state index in [0.29, 0.717) is 5.56 Å². The van der Waals surface area contributed by atoms with Gasteiger partial charge in [0, 0.05) is 6.42 Å². The second-order valence-electron chi connectivity index (χ2n) is 5.30. The highest BCUT2D eigenvalue weighted by Gasteiger charge is 2.32. The molecule has 0 saturated carbocycles. The second-order valence-corrected chi connectivity index (χ2v) is 5.30. The molecule has 0 saturated heterocycles. The zero-order valence-corrected chi connectivity index (χ0v) is 12.3. The lowest BCUT2D eigenvalue weighted by atomic mass is 9.89. The number of methoxy groups -OCH3 is 1. The molecule has 0 heterocycles. The van der Waals surface area contributed by atoms with Crippen molar-refractivity contribution in [2.75, 3.05) is 7.11 Å². The number of nitrogens with one attached hydrogen (secondary N) is 1. The van der Waals surface area contributed by atoms with E-state index < -0.39 is 29.3 Å². The minimum absolute atomic E-state index is 0.233. The van der Waals surface area contributed by atoms with Crippen LogP contribution in [0.1, 0.15) is 31.9 Å². The van der Waals surface area contributed by atoms with Crippen molar-refractivity contribution in [2.24, 2.45) is 5.41 Å². The molecule has 0 aliphatic rings. The lowest BCUT2D eigenvalue weighted by molar-refractivity contribution is -0.150. The van der Waals surface area contributed by atoms with E-state index in [1.807, 2.05) is 0 Å². The monoisotopic (exact) mass is 293 g/mol. The molecule has 0 spiro atoms. The smallest absolute Gasteiger partial charge is 0.333 e. The molecule has 1 amide bonds. The molecule has 0 bridgehead atoms. The number of carbonyl (C=O) groups is 3. The van der Waals surface area contributed by atoms with Crippen molar-refractivity contribution in [2.45, 2.75) is 26.3 Å². The average Bonchev–Trinajstić information content (AvgIpc) is 2.44.